The van der Waals surface area contributed by atoms with E-state index in [-0.39, 0.29) is 5.56 Å². The molecule has 1 heterocycles. The monoisotopic (exact) mass is 285 g/mol. The zero-order chi connectivity index (χ0) is 14.4. The van der Waals surface area contributed by atoms with Crippen LogP contribution in [-0.2, 0) is 17.1 Å². The van der Waals surface area contributed by atoms with Crippen LogP contribution in [0.25, 0.3) is 0 Å². The highest BCUT2D eigenvalue weighted by molar-refractivity contribution is 5.95. The summed E-state index contributed by atoms with van der Waals surface area (Å²) in [4.78, 5) is 4.39. The summed E-state index contributed by atoms with van der Waals surface area (Å²) in [5, 5.41) is 0. The van der Waals surface area contributed by atoms with Crippen molar-refractivity contribution in [3.05, 3.63) is 71.3 Å². The third-order valence-corrected chi connectivity index (χ3v) is 4.05. The summed E-state index contributed by atoms with van der Waals surface area (Å²) in [5.41, 5.74) is 1.47. The van der Waals surface area contributed by atoms with Crippen molar-refractivity contribution in [3.63, 3.8) is 0 Å². The first-order valence-electron chi connectivity index (χ1n) is 6.92. The number of ether oxygens (including phenoxy) is 1. The van der Waals surface area contributed by atoms with Crippen molar-refractivity contribution < 1.29 is 13.5 Å². The zero-order valence-corrected chi connectivity index (χ0v) is 11.2. The second kappa shape index (κ2) is 4.38. The summed E-state index contributed by atoms with van der Waals surface area (Å²) in [6, 6.07) is 15.3. The van der Waals surface area contributed by atoms with Gasteiger partial charge in [-0.2, -0.15) is 8.78 Å². The number of rotatable bonds is 1. The highest BCUT2D eigenvalue weighted by atomic mass is 19.3. The molecule has 0 bridgehead atoms. The van der Waals surface area contributed by atoms with Gasteiger partial charge in [0, 0.05) is 11.1 Å². The van der Waals surface area contributed by atoms with Crippen LogP contribution in [0, 0.1) is 0 Å². The lowest BCUT2D eigenvalue weighted by molar-refractivity contribution is -0.114. The molecule has 106 valence electrons. The molecule has 2 aliphatic rings. The minimum atomic E-state index is -3.01. The van der Waals surface area contributed by atoms with Gasteiger partial charge < -0.3 is 4.74 Å². The Morgan fingerprint density at radius 2 is 1.71 bits per heavy atom. The lowest BCUT2D eigenvalue weighted by atomic mass is 9.84. The van der Waals surface area contributed by atoms with E-state index in [0.29, 0.717) is 17.9 Å². The molecule has 2 aromatic rings. The maximum atomic E-state index is 14.6. The summed E-state index contributed by atoms with van der Waals surface area (Å²) in [5.74, 6) is -2.70. The first-order valence-corrected chi connectivity index (χ1v) is 6.92. The summed E-state index contributed by atoms with van der Waals surface area (Å²) >= 11 is 0. The number of hydrogen-bond donors (Lipinski definition) is 0. The number of hydrogen-bond acceptors (Lipinski definition) is 2. The lowest BCUT2D eigenvalue weighted by Gasteiger charge is -2.33. The maximum Gasteiger partial charge on any atom is 0.311 e. The Morgan fingerprint density at radius 1 is 1.00 bits per heavy atom. The van der Waals surface area contributed by atoms with E-state index in [1.54, 1.807) is 18.2 Å². The van der Waals surface area contributed by atoms with Crippen molar-refractivity contribution in [1.29, 1.82) is 0 Å². The van der Waals surface area contributed by atoms with Crippen molar-refractivity contribution in [2.24, 2.45) is 4.99 Å². The van der Waals surface area contributed by atoms with Crippen LogP contribution < -0.4 is 0 Å². The van der Waals surface area contributed by atoms with Crippen molar-refractivity contribution in [2.45, 2.75) is 24.5 Å². The molecule has 1 aliphatic heterocycles. The van der Waals surface area contributed by atoms with Gasteiger partial charge in [0.2, 0.25) is 5.90 Å². The van der Waals surface area contributed by atoms with Crippen LogP contribution in [-0.4, -0.2) is 18.0 Å². The molecular formula is C17H13F2NO. The number of aliphatic imine (C=N–C) groups is 1. The third-order valence-electron chi connectivity index (χ3n) is 4.05. The third kappa shape index (κ3) is 1.86. The minimum absolute atomic E-state index is 0.0655. The Bertz CT molecular complexity index is 712. The van der Waals surface area contributed by atoms with Crippen LogP contribution in [0.3, 0.4) is 0 Å². The molecule has 0 saturated carbocycles. The summed E-state index contributed by atoms with van der Waals surface area (Å²) in [6.07, 6.45) is -0.713. The summed E-state index contributed by atoms with van der Waals surface area (Å²) in [6.45, 7) is 0. The van der Waals surface area contributed by atoms with Gasteiger partial charge in [-0.25, -0.2) is 4.99 Å². The summed E-state index contributed by atoms with van der Waals surface area (Å²) in [7, 11) is 0. The Labute approximate surface area is 121 Å². The highest BCUT2D eigenvalue weighted by Crippen LogP contribution is 2.45. The molecular weight excluding hydrogens is 272 g/mol. The van der Waals surface area contributed by atoms with Crippen molar-refractivity contribution in [2.75, 3.05) is 0 Å². The fourth-order valence-electron chi connectivity index (χ4n) is 3.04. The average Bonchev–Trinajstić information content (AvgIpc) is 2.93. The fraction of sp³-hybridized carbons (Fsp3) is 0.235. The van der Waals surface area contributed by atoms with E-state index in [2.05, 4.69) is 4.99 Å². The van der Waals surface area contributed by atoms with Gasteiger partial charge in [0.25, 0.3) is 0 Å². The van der Waals surface area contributed by atoms with E-state index in [9.17, 15) is 8.78 Å². The minimum Gasteiger partial charge on any atom is -0.465 e. The van der Waals surface area contributed by atoms with Crippen molar-refractivity contribution >= 4 is 5.90 Å². The Kier molecular flexibility index (Phi) is 2.61. The van der Waals surface area contributed by atoms with Gasteiger partial charge in [0.15, 0.2) is 6.10 Å². The quantitative estimate of drug-likeness (QED) is 0.785. The molecule has 2 nitrogen and oxygen atoms in total. The number of benzene rings is 2. The molecule has 0 aromatic heterocycles. The topological polar surface area (TPSA) is 21.6 Å². The highest BCUT2D eigenvalue weighted by Gasteiger charge is 2.55. The van der Waals surface area contributed by atoms with Crippen LogP contribution in [0.5, 0.6) is 0 Å². The Hall–Kier alpha value is -2.23. The Morgan fingerprint density at radius 3 is 2.52 bits per heavy atom. The second-order valence-corrected chi connectivity index (χ2v) is 5.39. The van der Waals surface area contributed by atoms with Gasteiger partial charge in [-0.05, 0) is 24.1 Å². The number of nitrogens with zero attached hydrogens (tertiary/aromatic N) is 1. The SMILES string of the molecule is FC1(F)c2ccccc2C[C@H]2N=C(c3ccccc3)O[C@H]21. The first kappa shape index (κ1) is 12.5. The molecule has 0 saturated heterocycles. The van der Waals surface area contributed by atoms with Crippen LogP contribution >= 0.6 is 0 Å². The van der Waals surface area contributed by atoms with E-state index < -0.39 is 18.1 Å². The van der Waals surface area contributed by atoms with Gasteiger partial charge in [0.1, 0.15) is 6.04 Å². The maximum absolute atomic E-state index is 14.6. The van der Waals surface area contributed by atoms with E-state index >= 15 is 0 Å². The Balaban J connectivity index is 1.74. The first-order chi connectivity index (χ1) is 10.2. The molecule has 0 spiro atoms. The number of fused-ring (bicyclic) bond motifs is 2. The van der Waals surface area contributed by atoms with Gasteiger partial charge >= 0.3 is 5.92 Å². The molecule has 0 radical (unpaired) electrons. The van der Waals surface area contributed by atoms with Crippen LogP contribution in [0.1, 0.15) is 16.7 Å². The predicted octanol–water partition coefficient (Wildman–Crippen LogP) is 3.55. The van der Waals surface area contributed by atoms with Gasteiger partial charge in [-0.1, -0.05) is 42.5 Å². The molecule has 0 amide bonds. The van der Waals surface area contributed by atoms with E-state index in [1.807, 2.05) is 30.3 Å². The number of halogens is 2. The predicted molar refractivity (Wildman–Crippen MR) is 75.7 cm³/mol. The fourth-order valence-corrected chi connectivity index (χ4v) is 3.04. The molecule has 4 heteroatoms. The van der Waals surface area contributed by atoms with E-state index in [4.69, 9.17) is 4.74 Å². The van der Waals surface area contributed by atoms with Crippen LogP contribution in [0.2, 0.25) is 0 Å². The van der Waals surface area contributed by atoms with E-state index in [1.165, 1.54) is 6.07 Å². The van der Waals surface area contributed by atoms with Crippen molar-refractivity contribution in [3.8, 4) is 0 Å². The largest absolute Gasteiger partial charge is 0.465 e. The van der Waals surface area contributed by atoms with Crippen LogP contribution in [0.4, 0.5) is 8.78 Å². The van der Waals surface area contributed by atoms with Gasteiger partial charge in [-0.15, -0.1) is 0 Å². The molecule has 21 heavy (non-hydrogen) atoms. The second-order valence-electron chi connectivity index (χ2n) is 5.39. The molecule has 0 fully saturated rings. The molecule has 2 aromatic carbocycles. The summed E-state index contributed by atoms with van der Waals surface area (Å²) < 4.78 is 34.8. The smallest absolute Gasteiger partial charge is 0.311 e. The van der Waals surface area contributed by atoms with Crippen LogP contribution in [0.15, 0.2) is 59.6 Å². The zero-order valence-electron chi connectivity index (χ0n) is 11.2. The molecule has 2 atom stereocenters. The standard InChI is InChI=1S/C17H13F2NO/c18-17(19)13-9-5-4-8-12(13)10-14-15(17)21-16(20-14)11-6-2-1-3-7-11/h1-9,14-15H,10H2/t14-,15-/m1/s1. The lowest BCUT2D eigenvalue weighted by Crippen LogP contribution is -2.44. The normalized spacial score (nSPS) is 25.5. The van der Waals surface area contributed by atoms with Crippen molar-refractivity contribution in [1.82, 2.24) is 0 Å². The number of alkyl halides is 2. The van der Waals surface area contributed by atoms with Gasteiger partial charge in [-0.3, -0.25) is 0 Å². The van der Waals surface area contributed by atoms with E-state index in [0.717, 1.165) is 5.56 Å². The molecule has 4 rings (SSSR count). The molecule has 0 unspecified atom stereocenters. The van der Waals surface area contributed by atoms with Gasteiger partial charge in [0.05, 0.1) is 0 Å². The molecule has 1 aliphatic carbocycles. The molecule has 0 N–H and O–H groups in total. The average molecular weight is 285 g/mol.